The highest BCUT2D eigenvalue weighted by Gasteiger charge is 2.65. The molecule has 3 heterocycles. The van der Waals surface area contributed by atoms with E-state index in [-0.39, 0.29) is 29.0 Å². The van der Waals surface area contributed by atoms with Gasteiger partial charge in [0.2, 0.25) is 0 Å². The van der Waals surface area contributed by atoms with Crippen molar-refractivity contribution in [2.75, 3.05) is 44.2 Å². The maximum atomic E-state index is 12.9. The molecule has 0 aromatic heterocycles. The van der Waals surface area contributed by atoms with Gasteiger partial charge in [0.25, 0.3) is 0 Å². The Balaban J connectivity index is 1.11. The minimum Gasteiger partial charge on any atom is -0.462 e. The van der Waals surface area contributed by atoms with Crippen molar-refractivity contribution in [2.24, 2.45) is 23.2 Å². The molecule has 0 N–H and O–H groups in total. The van der Waals surface area contributed by atoms with Crippen molar-refractivity contribution < 1.29 is 14.3 Å². The van der Waals surface area contributed by atoms with Crippen molar-refractivity contribution in [3.05, 3.63) is 29.3 Å². The summed E-state index contributed by atoms with van der Waals surface area (Å²) in [5.74, 6) is 1.02. The molecule has 3 saturated heterocycles. The van der Waals surface area contributed by atoms with E-state index in [2.05, 4.69) is 28.9 Å². The molecule has 1 aromatic rings. The number of fused-ring (bicyclic) bond motifs is 3. The molecule has 5 aliphatic rings. The fourth-order valence-electron chi connectivity index (χ4n) is 7.28. The lowest BCUT2D eigenvalue weighted by molar-refractivity contribution is -0.147. The van der Waals surface area contributed by atoms with Crippen molar-refractivity contribution >= 4 is 23.3 Å². The number of hydrogen-bond donors (Lipinski definition) is 0. The number of ether oxygens (including phenoxy) is 2. The molecule has 1 aromatic carbocycles. The monoisotopic (exact) mass is 444 g/mol. The number of anilines is 1. The Labute approximate surface area is 190 Å². The zero-order valence-electron chi connectivity index (χ0n) is 18.4. The Morgan fingerprint density at radius 2 is 1.87 bits per heavy atom. The molecule has 6 atom stereocenters. The summed E-state index contributed by atoms with van der Waals surface area (Å²) in [5.41, 5.74) is 1.62. The molecule has 168 valence electrons. The minimum atomic E-state index is 0.0226. The Bertz CT molecular complexity index is 849. The largest absolute Gasteiger partial charge is 0.462 e. The number of halogens is 1. The number of nitrogens with zero attached hydrogens (tertiary/aromatic N) is 2. The average molecular weight is 445 g/mol. The van der Waals surface area contributed by atoms with Crippen LogP contribution >= 0.6 is 11.6 Å². The first kappa shape index (κ1) is 20.3. The van der Waals surface area contributed by atoms with Crippen molar-refractivity contribution in [1.82, 2.24) is 4.90 Å². The number of hydrogen-bond acceptors (Lipinski definition) is 5. The Morgan fingerprint density at radius 3 is 2.58 bits per heavy atom. The first-order valence-electron chi connectivity index (χ1n) is 12.0. The van der Waals surface area contributed by atoms with Gasteiger partial charge in [-0.1, -0.05) is 18.5 Å². The number of carbonyl (C=O) groups is 1. The number of carbonyl (C=O) groups excluding carboxylic acids is 1. The smallest absolute Gasteiger partial charge is 0.310 e. The molecule has 3 aliphatic heterocycles. The molecule has 31 heavy (non-hydrogen) atoms. The van der Waals surface area contributed by atoms with Crippen LogP contribution < -0.4 is 4.90 Å². The van der Waals surface area contributed by atoms with Crippen molar-refractivity contribution in [1.29, 1.82) is 0 Å². The summed E-state index contributed by atoms with van der Waals surface area (Å²) in [7, 11) is 0. The zero-order chi connectivity index (χ0) is 21.2. The van der Waals surface area contributed by atoms with Crippen molar-refractivity contribution in [3.8, 4) is 0 Å². The molecule has 2 aliphatic carbocycles. The van der Waals surface area contributed by atoms with Crippen LogP contribution in [0.2, 0.25) is 5.02 Å². The first-order chi connectivity index (χ1) is 15.0. The van der Waals surface area contributed by atoms with Crippen LogP contribution in [0, 0.1) is 23.2 Å². The standard InChI is InChI=1S/C25H33ClN2O3/c1-24-7-2-8-25(16-30-25)22(24)13-19-20(23(29)31-21(19)14-24)15-27-9-11-28(12-10-27)18-5-3-17(26)4-6-18/h3-6,19-22H,2,7-16H2,1H3/t19-,20-,21-,22-,24-,25-/m1/s1. The van der Waals surface area contributed by atoms with Gasteiger partial charge in [-0.15, -0.1) is 0 Å². The number of epoxide rings is 1. The lowest BCUT2D eigenvalue weighted by Gasteiger charge is -2.51. The van der Waals surface area contributed by atoms with Crippen LogP contribution in [-0.4, -0.2) is 61.9 Å². The quantitative estimate of drug-likeness (QED) is 0.521. The maximum Gasteiger partial charge on any atom is 0.310 e. The second kappa shape index (κ2) is 7.36. The summed E-state index contributed by atoms with van der Waals surface area (Å²) in [6, 6.07) is 8.10. The van der Waals surface area contributed by atoms with E-state index in [1.165, 1.54) is 24.9 Å². The van der Waals surface area contributed by atoms with Gasteiger partial charge in [-0.05, 0) is 67.7 Å². The van der Waals surface area contributed by atoms with Crippen LogP contribution in [-0.2, 0) is 14.3 Å². The van der Waals surface area contributed by atoms with Crippen molar-refractivity contribution in [2.45, 2.75) is 50.7 Å². The van der Waals surface area contributed by atoms with E-state index in [1.54, 1.807) is 0 Å². The molecular weight excluding hydrogens is 412 g/mol. The van der Waals surface area contributed by atoms with E-state index in [9.17, 15) is 4.79 Å². The van der Waals surface area contributed by atoms with Gasteiger partial charge in [-0.3, -0.25) is 9.69 Å². The van der Waals surface area contributed by atoms with Crippen LogP contribution in [0.1, 0.15) is 39.0 Å². The third kappa shape index (κ3) is 3.48. The number of benzene rings is 1. The SMILES string of the molecule is C[C@]12CCC[C@@]3(CO3)[C@@H]1C[C@H]1[C@@H](C2)OC(=O)[C@@H]1CN1CCN(c2ccc(Cl)cc2)CC1. The highest BCUT2D eigenvalue weighted by Crippen LogP contribution is 2.62. The van der Waals surface area contributed by atoms with Gasteiger partial charge in [0.15, 0.2) is 0 Å². The normalized spacial score (nSPS) is 42.3. The molecule has 0 bridgehead atoms. The Morgan fingerprint density at radius 1 is 1.13 bits per heavy atom. The average Bonchev–Trinajstić information content (AvgIpc) is 3.46. The Hall–Kier alpha value is -1.30. The summed E-state index contributed by atoms with van der Waals surface area (Å²) in [5, 5.41) is 0.775. The summed E-state index contributed by atoms with van der Waals surface area (Å²) >= 11 is 6.03. The molecule has 0 unspecified atom stereocenters. The number of rotatable bonds is 3. The maximum absolute atomic E-state index is 12.9. The molecule has 1 spiro atoms. The van der Waals surface area contributed by atoms with Crippen LogP contribution in [0.5, 0.6) is 0 Å². The molecule has 6 rings (SSSR count). The second-order valence-electron chi connectivity index (χ2n) is 10.9. The Kier molecular flexibility index (Phi) is 4.82. The van der Waals surface area contributed by atoms with Crippen molar-refractivity contribution in [3.63, 3.8) is 0 Å². The van der Waals surface area contributed by atoms with Crippen LogP contribution in [0.3, 0.4) is 0 Å². The van der Waals surface area contributed by atoms with E-state index < -0.39 is 0 Å². The predicted octanol–water partition coefficient (Wildman–Crippen LogP) is 3.99. The summed E-state index contributed by atoms with van der Waals surface area (Å²) in [6.07, 6.45) is 5.95. The predicted molar refractivity (Wildman–Crippen MR) is 120 cm³/mol. The van der Waals surface area contributed by atoms with Gasteiger partial charge in [0.1, 0.15) is 6.10 Å². The van der Waals surface area contributed by atoms with Gasteiger partial charge in [0.05, 0.1) is 18.1 Å². The lowest BCUT2D eigenvalue weighted by atomic mass is 9.53. The molecule has 6 heteroatoms. The molecule has 2 saturated carbocycles. The van der Waals surface area contributed by atoms with Gasteiger partial charge in [0, 0.05) is 49.4 Å². The molecule has 0 amide bonds. The fraction of sp³-hybridized carbons (Fsp3) is 0.720. The highest BCUT2D eigenvalue weighted by molar-refractivity contribution is 6.30. The zero-order valence-corrected chi connectivity index (χ0v) is 19.2. The summed E-state index contributed by atoms with van der Waals surface area (Å²) in [6.45, 7) is 8.12. The topological polar surface area (TPSA) is 45.3 Å². The van der Waals surface area contributed by atoms with Gasteiger partial charge in [-0.2, -0.15) is 0 Å². The van der Waals surface area contributed by atoms with Crippen LogP contribution in [0.25, 0.3) is 0 Å². The molecule has 5 fully saturated rings. The fourth-order valence-corrected chi connectivity index (χ4v) is 7.41. The third-order valence-electron chi connectivity index (χ3n) is 9.10. The van der Waals surface area contributed by atoms with Gasteiger partial charge in [-0.25, -0.2) is 0 Å². The minimum absolute atomic E-state index is 0.0226. The highest BCUT2D eigenvalue weighted by atomic mass is 35.5. The van der Waals surface area contributed by atoms with Gasteiger partial charge >= 0.3 is 5.97 Å². The van der Waals surface area contributed by atoms with Crippen LogP contribution in [0.4, 0.5) is 5.69 Å². The summed E-state index contributed by atoms with van der Waals surface area (Å²) in [4.78, 5) is 17.8. The second-order valence-corrected chi connectivity index (χ2v) is 11.3. The van der Waals surface area contributed by atoms with E-state index in [0.717, 1.165) is 57.2 Å². The van der Waals surface area contributed by atoms with Gasteiger partial charge < -0.3 is 14.4 Å². The van der Waals surface area contributed by atoms with E-state index in [1.807, 2.05) is 12.1 Å². The molecule has 5 nitrogen and oxygen atoms in total. The first-order valence-corrected chi connectivity index (χ1v) is 12.4. The molecular formula is C25H33ClN2O3. The molecule has 0 radical (unpaired) electrons. The summed E-state index contributed by atoms with van der Waals surface area (Å²) < 4.78 is 12.0. The van der Waals surface area contributed by atoms with E-state index >= 15 is 0 Å². The number of esters is 1. The van der Waals surface area contributed by atoms with E-state index in [4.69, 9.17) is 21.1 Å². The number of piperazine rings is 1. The lowest BCUT2D eigenvalue weighted by Crippen LogP contribution is -2.52. The third-order valence-corrected chi connectivity index (χ3v) is 9.35. The van der Waals surface area contributed by atoms with Crippen LogP contribution in [0.15, 0.2) is 24.3 Å². The van der Waals surface area contributed by atoms with E-state index in [0.29, 0.717) is 11.8 Å².